The maximum absolute atomic E-state index is 5.94. The molecule has 1 aliphatic rings. The van der Waals surface area contributed by atoms with Gasteiger partial charge in [0.15, 0.2) is 17.5 Å². The van der Waals surface area contributed by atoms with E-state index in [1.54, 1.807) is 13.2 Å². The van der Waals surface area contributed by atoms with Gasteiger partial charge in [0.1, 0.15) is 12.7 Å². The number of fused-ring (bicyclic) bond motifs is 1. The zero-order valence-electron chi connectivity index (χ0n) is 15.5. The van der Waals surface area contributed by atoms with Crippen molar-refractivity contribution in [1.29, 1.82) is 0 Å². The number of nitrogens with one attached hydrogen (secondary N) is 2. The van der Waals surface area contributed by atoms with E-state index in [0.29, 0.717) is 38.1 Å². The Morgan fingerprint density at radius 2 is 2.04 bits per heavy atom. The molecule has 1 unspecified atom stereocenters. The van der Waals surface area contributed by atoms with Crippen LogP contribution < -0.4 is 24.8 Å². The van der Waals surface area contributed by atoms with E-state index in [2.05, 4.69) is 20.6 Å². The predicted molar refractivity (Wildman–Crippen MR) is 115 cm³/mol. The molecular formula is C19H25IN4O3. The number of pyridine rings is 1. The van der Waals surface area contributed by atoms with Crippen LogP contribution in [-0.4, -0.2) is 43.9 Å². The molecule has 0 saturated carbocycles. The van der Waals surface area contributed by atoms with Crippen LogP contribution in [0.25, 0.3) is 0 Å². The Labute approximate surface area is 176 Å². The maximum atomic E-state index is 5.94. The van der Waals surface area contributed by atoms with Crippen LogP contribution in [0, 0.1) is 0 Å². The predicted octanol–water partition coefficient (Wildman–Crippen LogP) is 2.60. The van der Waals surface area contributed by atoms with Gasteiger partial charge >= 0.3 is 0 Å². The Kier molecular flexibility index (Phi) is 8.43. The van der Waals surface area contributed by atoms with E-state index >= 15 is 0 Å². The number of benzene rings is 1. The van der Waals surface area contributed by atoms with E-state index in [1.807, 2.05) is 43.3 Å². The summed E-state index contributed by atoms with van der Waals surface area (Å²) in [7, 11) is 1.73. The number of aliphatic imine (C=N–C) groups is 1. The van der Waals surface area contributed by atoms with Gasteiger partial charge in [-0.05, 0) is 25.1 Å². The number of hydrogen-bond acceptors (Lipinski definition) is 5. The Morgan fingerprint density at radius 3 is 2.81 bits per heavy atom. The molecule has 0 amide bonds. The smallest absolute Gasteiger partial charge is 0.218 e. The van der Waals surface area contributed by atoms with Crippen molar-refractivity contribution in [3.63, 3.8) is 0 Å². The van der Waals surface area contributed by atoms with Crippen LogP contribution in [0.3, 0.4) is 0 Å². The molecule has 146 valence electrons. The van der Waals surface area contributed by atoms with Gasteiger partial charge in [-0.15, -0.1) is 24.0 Å². The van der Waals surface area contributed by atoms with Crippen LogP contribution in [0.4, 0.5) is 0 Å². The van der Waals surface area contributed by atoms with Crippen LogP contribution in [-0.2, 0) is 6.54 Å². The number of guanidine groups is 1. The number of nitrogens with zero attached hydrogens (tertiary/aromatic N) is 2. The van der Waals surface area contributed by atoms with Crippen LogP contribution in [0.1, 0.15) is 12.5 Å². The topological polar surface area (TPSA) is 77.0 Å². The number of aromatic nitrogens is 1. The molecular weight excluding hydrogens is 459 g/mol. The average molecular weight is 484 g/mol. The number of ether oxygens (including phenoxy) is 3. The Bertz CT molecular complexity index is 757. The zero-order valence-corrected chi connectivity index (χ0v) is 17.8. The molecule has 0 aliphatic carbocycles. The normalized spacial score (nSPS) is 15.5. The van der Waals surface area contributed by atoms with Gasteiger partial charge < -0.3 is 24.8 Å². The van der Waals surface area contributed by atoms with Crippen molar-refractivity contribution < 1.29 is 14.2 Å². The SMILES string of the molecule is CCOc1ncccc1CNC(=NC)NCC1COc2ccccc2O1.I. The first kappa shape index (κ1) is 21.1. The molecule has 0 radical (unpaired) electrons. The van der Waals surface area contributed by atoms with Gasteiger partial charge in [-0.1, -0.05) is 18.2 Å². The van der Waals surface area contributed by atoms with Crippen molar-refractivity contribution in [1.82, 2.24) is 15.6 Å². The molecule has 2 N–H and O–H groups in total. The highest BCUT2D eigenvalue weighted by molar-refractivity contribution is 14.0. The molecule has 27 heavy (non-hydrogen) atoms. The molecule has 1 aliphatic heterocycles. The fraction of sp³-hybridized carbons (Fsp3) is 0.368. The highest BCUT2D eigenvalue weighted by atomic mass is 127. The van der Waals surface area contributed by atoms with E-state index < -0.39 is 0 Å². The van der Waals surface area contributed by atoms with Gasteiger partial charge in [0, 0.05) is 25.4 Å². The summed E-state index contributed by atoms with van der Waals surface area (Å²) in [6.07, 6.45) is 1.64. The van der Waals surface area contributed by atoms with Crippen molar-refractivity contribution in [3.05, 3.63) is 48.2 Å². The Hall–Kier alpha value is -2.23. The minimum Gasteiger partial charge on any atom is -0.486 e. The van der Waals surface area contributed by atoms with Crippen molar-refractivity contribution in [2.75, 3.05) is 26.8 Å². The minimum absolute atomic E-state index is 0. The number of halogens is 1. The molecule has 1 aromatic carbocycles. The molecule has 1 aromatic heterocycles. The summed E-state index contributed by atoms with van der Waals surface area (Å²) in [5.41, 5.74) is 0.975. The maximum Gasteiger partial charge on any atom is 0.218 e. The molecule has 2 heterocycles. The Morgan fingerprint density at radius 1 is 1.22 bits per heavy atom. The van der Waals surface area contributed by atoms with Crippen LogP contribution in [0.5, 0.6) is 17.4 Å². The second-order valence-electron chi connectivity index (χ2n) is 5.70. The highest BCUT2D eigenvalue weighted by Gasteiger charge is 2.20. The van der Waals surface area contributed by atoms with E-state index in [9.17, 15) is 0 Å². The fourth-order valence-corrected chi connectivity index (χ4v) is 2.60. The summed E-state index contributed by atoms with van der Waals surface area (Å²) in [5.74, 6) is 2.87. The second-order valence-corrected chi connectivity index (χ2v) is 5.70. The van der Waals surface area contributed by atoms with Crippen molar-refractivity contribution >= 4 is 29.9 Å². The number of para-hydroxylation sites is 2. The lowest BCUT2D eigenvalue weighted by Gasteiger charge is -2.27. The second kappa shape index (κ2) is 10.8. The number of rotatable bonds is 6. The first-order valence-corrected chi connectivity index (χ1v) is 8.70. The largest absolute Gasteiger partial charge is 0.486 e. The Balaban J connectivity index is 0.00000261. The van der Waals surface area contributed by atoms with E-state index in [0.717, 1.165) is 17.1 Å². The van der Waals surface area contributed by atoms with E-state index in [1.165, 1.54) is 0 Å². The highest BCUT2D eigenvalue weighted by Crippen LogP contribution is 2.30. The van der Waals surface area contributed by atoms with Crippen molar-refractivity contribution in [2.45, 2.75) is 19.6 Å². The molecule has 1 atom stereocenters. The molecule has 0 bridgehead atoms. The molecule has 8 heteroatoms. The lowest BCUT2D eigenvalue weighted by Crippen LogP contribution is -2.45. The molecule has 2 aromatic rings. The molecule has 0 spiro atoms. The van der Waals surface area contributed by atoms with Gasteiger partial charge in [-0.2, -0.15) is 0 Å². The summed E-state index contributed by atoms with van der Waals surface area (Å²) >= 11 is 0. The molecule has 3 rings (SSSR count). The van der Waals surface area contributed by atoms with Crippen molar-refractivity contribution in [2.24, 2.45) is 4.99 Å². The van der Waals surface area contributed by atoms with E-state index in [4.69, 9.17) is 14.2 Å². The van der Waals surface area contributed by atoms with Crippen molar-refractivity contribution in [3.8, 4) is 17.4 Å². The summed E-state index contributed by atoms with van der Waals surface area (Å²) < 4.78 is 17.2. The van der Waals surface area contributed by atoms with Gasteiger partial charge in [0.25, 0.3) is 0 Å². The quantitative estimate of drug-likeness (QED) is 0.373. The average Bonchev–Trinajstić information content (AvgIpc) is 2.69. The standard InChI is InChI=1S/C19H24N4O3.HI/c1-3-24-18-14(7-6-10-21-18)11-22-19(20-2)23-12-15-13-25-16-8-4-5-9-17(16)26-15;/h4-10,15H,3,11-13H2,1-2H3,(H2,20,22,23);1H. The van der Waals surface area contributed by atoms with E-state index in [-0.39, 0.29) is 30.1 Å². The van der Waals surface area contributed by atoms with Crippen LogP contribution >= 0.6 is 24.0 Å². The van der Waals surface area contributed by atoms with Gasteiger partial charge in [-0.3, -0.25) is 4.99 Å². The molecule has 0 fully saturated rings. The summed E-state index contributed by atoms with van der Waals surface area (Å²) in [6, 6.07) is 11.5. The van der Waals surface area contributed by atoms with Gasteiger partial charge in [0.05, 0.1) is 13.2 Å². The third-order valence-corrected chi connectivity index (χ3v) is 3.87. The fourth-order valence-electron chi connectivity index (χ4n) is 2.60. The zero-order chi connectivity index (χ0) is 18.2. The van der Waals surface area contributed by atoms with Gasteiger partial charge in [-0.25, -0.2) is 4.98 Å². The third kappa shape index (κ3) is 5.88. The summed E-state index contributed by atoms with van der Waals surface area (Å²) in [4.78, 5) is 8.50. The summed E-state index contributed by atoms with van der Waals surface area (Å²) in [5, 5.41) is 6.53. The molecule has 0 saturated heterocycles. The van der Waals surface area contributed by atoms with Crippen LogP contribution in [0.15, 0.2) is 47.6 Å². The lowest BCUT2D eigenvalue weighted by molar-refractivity contribution is 0.0936. The lowest BCUT2D eigenvalue weighted by atomic mass is 10.2. The monoisotopic (exact) mass is 484 g/mol. The minimum atomic E-state index is -0.0826. The first-order valence-electron chi connectivity index (χ1n) is 8.70. The van der Waals surface area contributed by atoms with Crippen LogP contribution in [0.2, 0.25) is 0 Å². The first-order chi connectivity index (χ1) is 12.8. The van der Waals surface area contributed by atoms with Gasteiger partial charge in [0.2, 0.25) is 5.88 Å². The third-order valence-electron chi connectivity index (χ3n) is 3.87. The molecule has 7 nitrogen and oxygen atoms in total. The summed E-state index contributed by atoms with van der Waals surface area (Å²) in [6.45, 7) is 4.17. The number of hydrogen-bond donors (Lipinski definition) is 2.